The molecule has 0 aliphatic carbocycles. The maximum Gasteiger partial charge on any atom is 0.261 e. The van der Waals surface area contributed by atoms with E-state index in [1.807, 2.05) is 0 Å². The Hall–Kier alpha value is -1.76. The minimum Gasteiger partial charge on any atom is -0.398 e. The van der Waals surface area contributed by atoms with Crippen molar-refractivity contribution in [3.63, 3.8) is 0 Å². The number of nitrogen functional groups attached to an aromatic ring is 1. The molecule has 0 aliphatic heterocycles. The van der Waals surface area contributed by atoms with E-state index >= 15 is 0 Å². The second-order valence-corrected chi connectivity index (χ2v) is 6.55. The molecular weight excluding hydrogens is 312 g/mol. The number of halogens is 1. The highest BCUT2D eigenvalue weighted by Crippen LogP contribution is 2.24. The third-order valence-corrected chi connectivity index (χ3v) is 4.60. The Labute approximate surface area is 128 Å². The van der Waals surface area contributed by atoms with Crippen molar-refractivity contribution in [3.05, 3.63) is 53.1 Å². The van der Waals surface area contributed by atoms with Gasteiger partial charge in [0, 0.05) is 12.3 Å². The lowest BCUT2D eigenvalue weighted by atomic mass is 10.1. The van der Waals surface area contributed by atoms with Gasteiger partial charge in [-0.25, -0.2) is 8.42 Å². The molecule has 0 amide bonds. The molecule has 0 saturated carbocycles. The number of aliphatic hydroxyl groups is 1. The molecule has 2 aromatic carbocycles. The first-order valence-electron chi connectivity index (χ1n) is 6.20. The SMILES string of the molecule is Nc1ccc(S(=O)(=O)Nc2ccc(CCO)cc2)cc1Cl. The van der Waals surface area contributed by atoms with E-state index < -0.39 is 10.0 Å². The fourth-order valence-corrected chi connectivity index (χ4v) is 3.09. The molecule has 0 bridgehead atoms. The van der Waals surface area contributed by atoms with Gasteiger partial charge in [0.1, 0.15) is 0 Å². The number of sulfonamides is 1. The largest absolute Gasteiger partial charge is 0.398 e. The number of rotatable bonds is 5. The first-order valence-corrected chi connectivity index (χ1v) is 8.06. The standard InChI is InChI=1S/C14H15ClN2O3S/c15-13-9-12(5-6-14(13)16)21(19,20)17-11-3-1-10(2-4-11)7-8-18/h1-6,9,17-18H,7-8,16H2. The molecule has 21 heavy (non-hydrogen) atoms. The van der Waals surface area contributed by atoms with Crippen molar-refractivity contribution in [2.45, 2.75) is 11.3 Å². The van der Waals surface area contributed by atoms with E-state index in [4.69, 9.17) is 22.4 Å². The molecule has 5 nitrogen and oxygen atoms in total. The molecule has 0 spiro atoms. The van der Waals surface area contributed by atoms with Gasteiger partial charge in [0.2, 0.25) is 0 Å². The van der Waals surface area contributed by atoms with Gasteiger partial charge in [-0.2, -0.15) is 0 Å². The summed E-state index contributed by atoms with van der Waals surface area (Å²) in [6.07, 6.45) is 0.528. The minimum absolute atomic E-state index is 0.0427. The zero-order chi connectivity index (χ0) is 15.5. The number of benzene rings is 2. The van der Waals surface area contributed by atoms with E-state index in [0.717, 1.165) is 5.56 Å². The minimum atomic E-state index is -3.72. The molecule has 0 unspecified atom stereocenters. The van der Waals surface area contributed by atoms with Gasteiger partial charge >= 0.3 is 0 Å². The number of hydrogen-bond donors (Lipinski definition) is 3. The fraction of sp³-hybridized carbons (Fsp3) is 0.143. The van der Waals surface area contributed by atoms with E-state index in [-0.39, 0.29) is 16.5 Å². The summed E-state index contributed by atoms with van der Waals surface area (Å²) in [5, 5.41) is 9.03. The molecule has 0 fully saturated rings. The van der Waals surface area contributed by atoms with Crippen molar-refractivity contribution >= 4 is 33.0 Å². The van der Waals surface area contributed by atoms with Crippen LogP contribution >= 0.6 is 11.6 Å². The molecule has 0 radical (unpaired) electrons. The summed E-state index contributed by atoms with van der Waals surface area (Å²) in [4.78, 5) is 0.0427. The first kappa shape index (κ1) is 15.6. The van der Waals surface area contributed by atoms with Crippen LogP contribution in [0.1, 0.15) is 5.56 Å². The normalized spacial score (nSPS) is 11.3. The third-order valence-electron chi connectivity index (χ3n) is 2.89. The number of hydrogen-bond acceptors (Lipinski definition) is 4. The predicted octanol–water partition coefficient (Wildman–Crippen LogP) is 2.26. The van der Waals surface area contributed by atoms with Crippen LogP contribution in [0.15, 0.2) is 47.4 Å². The zero-order valence-corrected chi connectivity index (χ0v) is 12.7. The number of anilines is 2. The summed E-state index contributed by atoms with van der Waals surface area (Å²) < 4.78 is 26.9. The van der Waals surface area contributed by atoms with E-state index in [1.165, 1.54) is 18.2 Å². The summed E-state index contributed by atoms with van der Waals surface area (Å²) in [6, 6.07) is 10.9. The van der Waals surface area contributed by atoms with Crippen molar-refractivity contribution < 1.29 is 13.5 Å². The van der Waals surface area contributed by atoms with Crippen molar-refractivity contribution in [2.75, 3.05) is 17.1 Å². The van der Waals surface area contributed by atoms with Crippen LogP contribution in [0.4, 0.5) is 11.4 Å². The van der Waals surface area contributed by atoms with E-state index in [0.29, 0.717) is 17.8 Å². The van der Waals surface area contributed by atoms with Crippen LogP contribution in [0.3, 0.4) is 0 Å². The second kappa shape index (κ2) is 6.34. The zero-order valence-electron chi connectivity index (χ0n) is 11.1. The van der Waals surface area contributed by atoms with Crippen LogP contribution in [0.2, 0.25) is 5.02 Å². The smallest absolute Gasteiger partial charge is 0.261 e. The Morgan fingerprint density at radius 1 is 1.14 bits per heavy atom. The molecule has 0 heterocycles. The van der Waals surface area contributed by atoms with E-state index in [1.54, 1.807) is 24.3 Å². The molecule has 7 heteroatoms. The number of nitrogens with one attached hydrogen (secondary N) is 1. The lowest BCUT2D eigenvalue weighted by Gasteiger charge is -2.09. The quantitative estimate of drug-likeness (QED) is 0.735. The van der Waals surface area contributed by atoms with E-state index in [2.05, 4.69) is 4.72 Å². The van der Waals surface area contributed by atoms with Crippen molar-refractivity contribution in [3.8, 4) is 0 Å². The summed E-state index contributed by atoms with van der Waals surface area (Å²) in [5.41, 5.74) is 7.25. The summed E-state index contributed by atoms with van der Waals surface area (Å²) in [7, 11) is -3.72. The van der Waals surface area contributed by atoms with Gasteiger partial charge in [0.25, 0.3) is 10.0 Å². The van der Waals surface area contributed by atoms with Gasteiger partial charge in [0.15, 0.2) is 0 Å². The van der Waals surface area contributed by atoms with Crippen LogP contribution in [-0.4, -0.2) is 20.1 Å². The maximum absolute atomic E-state index is 12.2. The number of aliphatic hydroxyl groups excluding tert-OH is 1. The molecule has 112 valence electrons. The van der Waals surface area contributed by atoms with Crippen LogP contribution in [-0.2, 0) is 16.4 Å². The van der Waals surface area contributed by atoms with Gasteiger partial charge in [-0.15, -0.1) is 0 Å². The molecule has 2 aromatic rings. The molecule has 2 rings (SSSR count). The molecule has 0 aliphatic rings. The summed E-state index contributed by atoms with van der Waals surface area (Å²) >= 11 is 5.84. The summed E-state index contributed by atoms with van der Waals surface area (Å²) in [6.45, 7) is 0.0506. The van der Waals surface area contributed by atoms with E-state index in [9.17, 15) is 8.42 Å². The summed E-state index contributed by atoms with van der Waals surface area (Å²) in [5.74, 6) is 0. The Bertz CT molecular complexity index is 730. The van der Waals surface area contributed by atoms with Crippen LogP contribution in [0.25, 0.3) is 0 Å². The highest BCUT2D eigenvalue weighted by atomic mass is 35.5. The second-order valence-electron chi connectivity index (χ2n) is 4.46. The van der Waals surface area contributed by atoms with Gasteiger partial charge in [-0.3, -0.25) is 4.72 Å². The topological polar surface area (TPSA) is 92.4 Å². The van der Waals surface area contributed by atoms with Gasteiger partial charge in [-0.1, -0.05) is 23.7 Å². The van der Waals surface area contributed by atoms with Crippen LogP contribution in [0, 0.1) is 0 Å². The highest BCUT2D eigenvalue weighted by molar-refractivity contribution is 7.92. The predicted molar refractivity (Wildman–Crippen MR) is 83.9 cm³/mol. The monoisotopic (exact) mass is 326 g/mol. The van der Waals surface area contributed by atoms with Gasteiger partial charge in [-0.05, 0) is 42.3 Å². The number of nitrogens with two attached hydrogens (primary N) is 1. The Morgan fingerprint density at radius 2 is 1.81 bits per heavy atom. The first-order chi connectivity index (χ1) is 9.92. The molecular formula is C14H15ClN2O3S. The lowest BCUT2D eigenvalue weighted by molar-refractivity contribution is 0.299. The molecule has 0 atom stereocenters. The van der Waals surface area contributed by atoms with Crippen molar-refractivity contribution in [1.82, 2.24) is 0 Å². The Kier molecular flexibility index (Phi) is 4.72. The Morgan fingerprint density at radius 3 is 2.38 bits per heavy atom. The maximum atomic E-state index is 12.2. The average molecular weight is 327 g/mol. The third kappa shape index (κ3) is 3.87. The average Bonchev–Trinajstić information content (AvgIpc) is 2.44. The fourth-order valence-electron chi connectivity index (χ4n) is 1.76. The van der Waals surface area contributed by atoms with Gasteiger partial charge < -0.3 is 10.8 Å². The van der Waals surface area contributed by atoms with Crippen molar-refractivity contribution in [1.29, 1.82) is 0 Å². The van der Waals surface area contributed by atoms with Crippen LogP contribution < -0.4 is 10.5 Å². The van der Waals surface area contributed by atoms with Crippen LogP contribution in [0.5, 0.6) is 0 Å². The van der Waals surface area contributed by atoms with Crippen molar-refractivity contribution in [2.24, 2.45) is 0 Å². The highest BCUT2D eigenvalue weighted by Gasteiger charge is 2.15. The molecule has 0 aromatic heterocycles. The molecule has 0 saturated heterocycles. The lowest BCUT2D eigenvalue weighted by Crippen LogP contribution is -2.13. The Balaban J connectivity index is 2.22. The van der Waals surface area contributed by atoms with Gasteiger partial charge in [0.05, 0.1) is 15.6 Å². The molecule has 4 N–H and O–H groups in total.